The molecule has 2 nitrogen and oxygen atoms in total. The Balaban J connectivity index is 2.33. The number of rotatable bonds is 4. The molecule has 0 radical (unpaired) electrons. The molecule has 0 unspecified atom stereocenters. The van der Waals surface area contributed by atoms with Gasteiger partial charge >= 0.3 is 0 Å². The fourth-order valence-electron chi connectivity index (χ4n) is 1.98. The van der Waals surface area contributed by atoms with E-state index in [1.165, 1.54) is 5.56 Å². The number of aryl methyl sites for hydroxylation is 1. The maximum atomic E-state index is 10.8. The Morgan fingerprint density at radius 1 is 1.06 bits per heavy atom. The summed E-state index contributed by atoms with van der Waals surface area (Å²) in [7, 11) is 0. The number of benzene rings is 2. The topological polar surface area (TPSA) is 37.3 Å². The second-order valence-corrected chi connectivity index (χ2v) is 4.34. The molecule has 0 aliphatic heterocycles. The molecule has 0 amide bonds. The van der Waals surface area contributed by atoms with Gasteiger partial charge in [0.1, 0.15) is 5.75 Å². The van der Waals surface area contributed by atoms with E-state index < -0.39 is 0 Å². The Labute approximate surface area is 107 Å². The second kappa shape index (κ2) is 5.50. The minimum Gasteiger partial charge on any atom is -0.507 e. The molecule has 0 saturated carbocycles. The molecule has 92 valence electrons. The van der Waals surface area contributed by atoms with Gasteiger partial charge in [0.05, 0.1) is 5.56 Å². The summed E-state index contributed by atoms with van der Waals surface area (Å²) < 4.78 is 0. The van der Waals surface area contributed by atoms with E-state index in [1.807, 2.05) is 18.2 Å². The summed E-state index contributed by atoms with van der Waals surface area (Å²) in [6.07, 6.45) is 2.88. The van der Waals surface area contributed by atoms with Crippen molar-refractivity contribution in [2.45, 2.75) is 19.8 Å². The van der Waals surface area contributed by atoms with Crippen molar-refractivity contribution in [1.82, 2.24) is 0 Å². The number of phenols is 1. The second-order valence-electron chi connectivity index (χ2n) is 4.34. The number of phenolic OH excluding ortho intramolecular Hbond substituents is 1. The molecular formula is C16H16O2. The van der Waals surface area contributed by atoms with Crippen molar-refractivity contribution in [3.05, 3.63) is 53.6 Å². The predicted molar refractivity (Wildman–Crippen MR) is 72.9 cm³/mol. The van der Waals surface area contributed by atoms with Crippen molar-refractivity contribution in [1.29, 1.82) is 0 Å². The first-order chi connectivity index (χ1) is 8.74. The third-order valence-corrected chi connectivity index (χ3v) is 2.98. The fraction of sp³-hybridized carbons (Fsp3) is 0.188. The first kappa shape index (κ1) is 12.4. The Morgan fingerprint density at radius 2 is 1.72 bits per heavy atom. The minimum atomic E-state index is 0.0244. The molecule has 0 aliphatic rings. The van der Waals surface area contributed by atoms with Crippen LogP contribution in [0.25, 0.3) is 11.1 Å². The molecule has 0 saturated heterocycles. The Kier molecular flexibility index (Phi) is 3.78. The van der Waals surface area contributed by atoms with E-state index in [-0.39, 0.29) is 5.75 Å². The monoisotopic (exact) mass is 240 g/mol. The zero-order valence-corrected chi connectivity index (χ0v) is 10.4. The maximum absolute atomic E-state index is 10.8. The van der Waals surface area contributed by atoms with Gasteiger partial charge in [-0.15, -0.1) is 0 Å². The summed E-state index contributed by atoms with van der Waals surface area (Å²) in [5.74, 6) is 0.0244. The van der Waals surface area contributed by atoms with E-state index in [9.17, 15) is 9.90 Å². The SMILES string of the molecule is CCCc1ccc(-c2ccc(O)c(C=O)c2)cc1. The minimum absolute atomic E-state index is 0.0244. The van der Waals surface area contributed by atoms with Crippen LogP contribution in [0, 0.1) is 0 Å². The van der Waals surface area contributed by atoms with Crippen molar-refractivity contribution in [3.8, 4) is 16.9 Å². The van der Waals surface area contributed by atoms with Crippen LogP contribution in [0.1, 0.15) is 29.3 Å². The first-order valence-corrected chi connectivity index (χ1v) is 6.12. The average molecular weight is 240 g/mol. The summed E-state index contributed by atoms with van der Waals surface area (Å²) in [4.78, 5) is 10.8. The lowest BCUT2D eigenvalue weighted by atomic mass is 10.0. The highest BCUT2D eigenvalue weighted by molar-refractivity contribution is 5.82. The van der Waals surface area contributed by atoms with Crippen molar-refractivity contribution in [2.75, 3.05) is 0 Å². The van der Waals surface area contributed by atoms with Crippen LogP contribution in [-0.4, -0.2) is 11.4 Å². The highest BCUT2D eigenvalue weighted by Crippen LogP contribution is 2.25. The Morgan fingerprint density at radius 3 is 2.33 bits per heavy atom. The molecule has 2 rings (SSSR count). The lowest BCUT2D eigenvalue weighted by Gasteiger charge is -2.05. The van der Waals surface area contributed by atoms with Gasteiger partial charge in [0.25, 0.3) is 0 Å². The smallest absolute Gasteiger partial charge is 0.153 e. The standard InChI is InChI=1S/C16H16O2/c1-2-3-12-4-6-13(7-5-12)14-8-9-16(18)15(10-14)11-17/h4-11,18H,2-3H2,1H3. The number of aromatic hydroxyl groups is 1. The van der Waals surface area contributed by atoms with Gasteiger partial charge < -0.3 is 5.11 Å². The number of carbonyl (C=O) groups is 1. The van der Waals surface area contributed by atoms with Crippen LogP contribution in [0.15, 0.2) is 42.5 Å². The summed E-state index contributed by atoms with van der Waals surface area (Å²) >= 11 is 0. The lowest BCUT2D eigenvalue weighted by Crippen LogP contribution is -1.86. The van der Waals surface area contributed by atoms with Crippen molar-refractivity contribution < 1.29 is 9.90 Å². The number of hydrogen-bond donors (Lipinski definition) is 1. The van der Waals surface area contributed by atoms with E-state index in [2.05, 4.69) is 19.1 Å². The molecule has 0 aromatic heterocycles. The normalized spacial score (nSPS) is 10.3. The summed E-state index contributed by atoms with van der Waals surface area (Å²) in [5.41, 5.74) is 3.64. The molecule has 2 heteroatoms. The summed E-state index contributed by atoms with van der Waals surface area (Å²) in [6.45, 7) is 2.16. The van der Waals surface area contributed by atoms with E-state index >= 15 is 0 Å². The maximum Gasteiger partial charge on any atom is 0.153 e. The summed E-state index contributed by atoms with van der Waals surface area (Å²) in [6, 6.07) is 13.4. The average Bonchev–Trinajstić information content (AvgIpc) is 2.41. The van der Waals surface area contributed by atoms with Crippen molar-refractivity contribution in [2.24, 2.45) is 0 Å². The Bertz CT molecular complexity index is 542. The first-order valence-electron chi connectivity index (χ1n) is 6.12. The molecule has 1 N–H and O–H groups in total. The summed E-state index contributed by atoms with van der Waals surface area (Å²) in [5, 5.41) is 9.46. The van der Waals surface area contributed by atoms with Gasteiger partial charge in [0.15, 0.2) is 6.29 Å². The van der Waals surface area contributed by atoms with E-state index in [0.717, 1.165) is 24.0 Å². The zero-order valence-electron chi connectivity index (χ0n) is 10.4. The van der Waals surface area contributed by atoms with Gasteiger partial charge in [-0.25, -0.2) is 0 Å². The Hall–Kier alpha value is -2.09. The largest absolute Gasteiger partial charge is 0.507 e. The van der Waals surface area contributed by atoms with E-state index in [0.29, 0.717) is 11.8 Å². The van der Waals surface area contributed by atoms with E-state index in [4.69, 9.17) is 0 Å². The molecule has 2 aromatic rings. The van der Waals surface area contributed by atoms with Gasteiger partial charge in [0.2, 0.25) is 0 Å². The van der Waals surface area contributed by atoms with Gasteiger partial charge in [-0.2, -0.15) is 0 Å². The number of carbonyl (C=O) groups excluding carboxylic acids is 1. The van der Waals surface area contributed by atoms with Crippen LogP contribution in [0.3, 0.4) is 0 Å². The van der Waals surface area contributed by atoms with Crippen LogP contribution in [0.4, 0.5) is 0 Å². The van der Waals surface area contributed by atoms with Crippen molar-refractivity contribution >= 4 is 6.29 Å². The van der Waals surface area contributed by atoms with Gasteiger partial charge in [-0.3, -0.25) is 4.79 Å². The fourth-order valence-corrected chi connectivity index (χ4v) is 1.98. The number of aldehydes is 1. The van der Waals surface area contributed by atoms with Crippen LogP contribution in [0.2, 0.25) is 0 Å². The molecule has 0 heterocycles. The molecule has 18 heavy (non-hydrogen) atoms. The predicted octanol–water partition coefficient (Wildman–Crippen LogP) is 3.82. The number of hydrogen-bond acceptors (Lipinski definition) is 2. The quantitative estimate of drug-likeness (QED) is 0.825. The third kappa shape index (κ3) is 2.59. The molecule has 2 aromatic carbocycles. The molecule has 0 spiro atoms. The van der Waals surface area contributed by atoms with Crippen LogP contribution < -0.4 is 0 Å². The van der Waals surface area contributed by atoms with E-state index in [1.54, 1.807) is 12.1 Å². The highest BCUT2D eigenvalue weighted by atomic mass is 16.3. The van der Waals surface area contributed by atoms with Gasteiger partial charge in [0, 0.05) is 0 Å². The lowest BCUT2D eigenvalue weighted by molar-refractivity contribution is 0.112. The molecule has 0 fully saturated rings. The van der Waals surface area contributed by atoms with Gasteiger partial charge in [-0.05, 0) is 35.2 Å². The van der Waals surface area contributed by atoms with Crippen LogP contribution in [-0.2, 0) is 6.42 Å². The van der Waals surface area contributed by atoms with Crippen molar-refractivity contribution in [3.63, 3.8) is 0 Å². The molecule has 0 aliphatic carbocycles. The highest BCUT2D eigenvalue weighted by Gasteiger charge is 2.03. The van der Waals surface area contributed by atoms with Crippen LogP contribution >= 0.6 is 0 Å². The van der Waals surface area contributed by atoms with Gasteiger partial charge in [-0.1, -0.05) is 43.7 Å². The molecule has 0 bridgehead atoms. The molecule has 0 atom stereocenters. The molecular weight excluding hydrogens is 224 g/mol. The zero-order chi connectivity index (χ0) is 13.0. The van der Waals surface area contributed by atoms with Crippen LogP contribution in [0.5, 0.6) is 5.75 Å². The third-order valence-electron chi connectivity index (χ3n) is 2.98.